The van der Waals surface area contributed by atoms with Crippen LogP contribution in [0.15, 0.2) is 36.4 Å². The molecule has 0 aromatic heterocycles. The van der Waals surface area contributed by atoms with E-state index in [0.29, 0.717) is 5.56 Å². The molecule has 0 bridgehead atoms. The van der Waals surface area contributed by atoms with Crippen molar-refractivity contribution in [3.63, 3.8) is 0 Å². The number of hydrogen-bond donors (Lipinski definition) is 3. The summed E-state index contributed by atoms with van der Waals surface area (Å²) in [4.78, 5) is 23.0. The summed E-state index contributed by atoms with van der Waals surface area (Å²) in [5.74, 6) is -2.63. The number of aromatic carboxylic acids is 1. The molecule has 0 aliphatic carbocycles. The van der Waals surface area contributed by atoms with Gasteiger partial charge in [0.1, 0.15) is 5.82 Å². The standard InChI is InChI=1S/C19H20FNO4/c1-11-5-12(2)7-14(6-11)17(10-22)21-18(23)9-13-3-4-15(19(24)25)16(20)8-13/h3-8,17,22H,9-10H2,1-2H3,(H,21,23)(H,24,25). The van der Waals surface area contributed by atoms with Gasteiger partial charge in [0, 0.05) is 0 Å². The zero-order valence-corrected chi connectivity index (χ0v) is 14.0. The molecule has 1 atom stereocenters. The second kappa shape index (κ2) is 7.90. The normalized spacial score (nSPS) is 11.8. The quantitative estimate of drug-likeness (QED) is 0.751. The van der Waals surface area contributed by atoms with Crippen LogP contribution >= 0.6 is 0 Å². The van der Waals surface area contributed by atoms with E-state index in [-0.39, 0.29) is 18.9 Å². The lowest BCUT2D eigenvalue weighted by molar-refractivity contribution is -0.121. The van der Waals surface area contributed by atoms with Crippen molar-refractivity contribution in [2.45, 2.75) is 26.3 Å². The van der Waals surface area contributed by atoms with E-state index in [1.807, 2.05) is 32.0 Å². The molecule has 0 aliphatic rings. The molecule has 0 aliphatic heterocycles. The fraction of sp³-hybridized carbons (Fsp3) is 0.263. The van der Waals surface area contributed by atoms with Gasteiger partial charge in [0.25, 0.3) is 0 Å². The molecule has 0 spiro atoms. The van der Waals surface area contributed by atoms with Crippen LogP contribution < -0.4 is 5.32 Å². The van der Waals surface area contributed by atoms with Crippen molar-refractivity contribution in [3.8, 4) is 0 Å². The molecule has 6 heteroatoms. The van der Waals surface area contributed by atoms with E-state index in [9.17, 15) is 19.1 Å². The molecule has 5 nitrogen and oxygen atoms in total. The fourth-order valence-electron chi connectivity index (χ4n) is 2.72. The largest absolute Gasteiger partial charge is 0.478 e. The molecular weight excluding hydrogens is 325 g/mol. The molecule has 2 aromatic rings. The van der Waals surface area contributed by atoms with E-state index < -0.39 is 23.4 Å². The summed E-state index contributed by atoms with van der Waals surface area (Å²) < 4.78 is 13.7. The van der Waals surface area contributed by atoms with Gasteiger partial charge in [-0.15, -0.1) is 0 Å². The molecular formula is C19H20FNO4. The third-order valence-corrected chi connectivity index (χ3v) is 3.79. The summed E-state index contributed by atoms with van der Waals surface area (Å²) in [5, 5.41) is 21.1. The van der Waals surface area contributed by atoms with Crippen molar-refractivity contribution in [1.29, 1.82) is 0 Å². The van der Waals surface area contributed by atoms with Crippen molar-refractivity contribution in [1.82, 2.24) is 5.32 Å². The van der Waals surface area contributed by atoms with Gasteiger partial charge in [-0.05, 0) is 37.1 Å². The van der Waals surface area contributed by atoms with Gasteiger partial charge >= 0.3 is 5.97 Å². The molecule has 0 radical (unpaired) electrons. The van der Waals surface area contributed by atoms with E-state index in [0.717, 1.165) is 28.8 Å². The molecule has 0 saturated carbocycles. The number of hydrogen-bond acceptors (Lipinski definition) is 3. The minimum Gasteiger partial charge on any atom is -0.478 e. The van der Waals surface area contributed by atoms with Crippen LogP contribution in [0, 0.1) is 19.7 Å². The van der Waals surface area contributed by atoms with Gasteiger partial charge in [0.05, 0.1) is 24.6 Å². The lowest BCUT2D eigenvalue weighted by atomic mass is 10.0. The minimum absolute atomic E-state index is 0.113. The number of aryl methyl sites for hydroxylation is 2. The van der Waals surface area contributed by atoms with Gasteiger partial charge in [-0.3, -0.25) is 4.79 Å². The second-order valence-electron chi connectivity index (χ2n) is 6.02. The second-order valence-corrected chi connectivity index (χ2v) is 6.02. The molecule has 3 N–H and O–H groups in total. The molecule has 1 unspecified atom stereocenters. The summed E-state index contributed by atoms with van der Waals surface area (Å²) in [6.07, 6.45) is -0.113. The molecule has 1 amide bonds. The van der Waals surface area contributed by atoms with Crippen LogP contribution in [-0.2, 0) is 11.2 Å². The molecule has 0 saturated heterocycles. The number of halogens is 1. The zero-order valence-electron chi connectivity index (χ0n) is 14.0. The van der Waals surface area contributed by atoms with Crippen molar-refractivity contribution in [2.75, 3.05) is 6.61 Å². The van der Waals surface area contributed by atoms with Crippen molar-refractivity contribution >= 4 is 11.9 Å². The average molecular weight is 345 g/mol. The number of aliphatic hydroxyl groups is 1. The first-order valence-electron chi connectivity index (χ1n) is 7.80. The predicted molar refractivity (Wildman–Crippen MR) is 90.9 cm³/mol. The van der Waals surface area contributed by atoms with Crippen LogP contribution in [0.2, 0.25) is 0 Å². The van der Waals surface area contributed by atoms with E-state index in [1.54, 1.807) is 0 Å². The number of amides is 1. The Bertz CT molecular complexity index is 784. The highest BCUT2D eigenvalue weighted by Crippen LogP contribution is 2.17. The maximum atomic E-state index is 13.7. The summed E-state index contributed by atoms with van der Waals surface area (Å²) in [5.41, 5.74) is 2.76. The number of carboxylic acid groups (broad SMARTS) is 1. The Balaban J connectivity index is 2.10. The third kappa shape index (κ3) is 4.87. The molecule has 2 rings (SSSR count). The first-order valence-corrected chi connectivity index (χ1v) is 7.80. The maximum absolute atomic E-state index is 13.7. The summed E-state index contributed by atoms with van der Waals surface area (Å²) in [6, 6.07) is 8.77. The molecule has 0 fully saturated rings. The summed E-state index contributed by atoms with van der Waals surface area (Å²) in [7, 11) is 0. The van der Waals surface area contributed by atoms with Crippen LogP contribution in [0.25, 0.3) is 0 Å². The van der Waals surface area contributed by atoms with E-state index in [4.69, 9.17) is 5.11 Å². The Morgan fingerprint density at radius 1 is 1.12 bits per heavy atom. The molecule has 132 valence electrons. The Morgan fingerprint density at radius 3 is 2.28 bits per heavy atom. The van der Waals surface area contributed by atoms with E-state index >= 15 is 0 Å². The SMILES string of the molecule is Cc1cc(C)cc(C(CO)NC(=O)Cc2ccc(C(=O)O)c(F)c2)c1. The smallest absolute Gasteiger partial charge is 0.338 e. The topological polar surface area (TPSA) is 86.6 Å². The van der Waals surface area contributed by atoms with E-state index in [1.165, 1.54) is 6.07 Å². The summed E-state index contributed by atoms with van der Waals surface area (Å²) >= 11 is 0. The Kier molecular flexibility index (Phi) is 5.88. The van der Waals surface area contributed by atoms with Crippen LogP contribution in [-0.4, -0.2) is 28.7 Å². The maximum Gasteiger partial charge on any atom is 0.338 e. The first kappa shape index (κ1) is 18.6. The van der Waals surface area contributed by atoms with Gasteiger partial charge < -0.3 is 15.5 Å². The number of rotatable bonds is 6. The van der Waals surface area contributed by atoms with Crippen LogP contribution in [0.4, 0.5) is 4.39 Å². The predicted octanol–water partition coefficient (Wildman–Crippen LogP) is 2.53. The number of carboxylic acids is 1. The number of aliphatic hydroxyl groups excluding tert-OH is 1. The van der Waals surface area contributed by atoms with Gasteiger partial charge in [-0.2, -0.15) is 0 Å². The molecule has 2 aromatic carbocycles. The van der Waals surface area contributed by atoms with Crippen LogP contribution in [0.1, 0.15) is 38.7 Å². The van der Waals surface area contributed by atoms with Crippen LogP contribution in [0.5, 0.6) is 0 Å². The number of benzene rings is 2. The van der Waals surface area contributed by atoms with Gasteiger partial charge in [0.15, 0.2) is 0 Å². The Morgan fingerprint density at radius 2 is 1.76 bits per heavy atom. The van der Waals surface area contributed by atoms with E-state index in [2.05, 4.69) is 5.32 Å². The Hall–Kier alpha value is -2.73. The summed E-state index contributed by atoms with van der Waals surface area (Å²) in [6.45, 7) is 3.60. The monoisotopic (exact) mass is 345 g/mol. The number of carbonyl (C=O) groups excluding carboxylic acids is 1. The molecule has 0 heterocycles. The highest BCUT2D eigenvalue weighted by atomic mass is 19.1. The third-order valence-electron chi connectivity index (χ3n) is 3.79. The molecule has 25 heavy (non-hydrogen) atoms. The number of carbonyl (C=O) groups is 2. The first-order chi connectivity index (χ1) is 11.8. The van der Waals surface area contributed by atoms with Crippen molar-refractivity contribution in [2.24, 2.45) is 0 Å². The average Bonchev–Trinajstić information content (AvgIpc) is 2.51. The lowest BCUT2D eigenvalue weighted by Gasteiger charge is -2.18. The van der Waals surface area contributed by atoms with Gasteiger partial charge in [0.2, 0.25) is 5.91 Å². The minimum atomic E-state index is -1.36. The fourth-order valence-corrected chi connectivity index (χ4v) is 2.72. The highest BCUT2D eigenvalue weighted by Gasteiger charge is 2.16. The lowest BCUT2D eigenvalue weighted by Crippen LogP contribution is -2.32. The van der Waals surface area contributed by atoms with Gasteiger partial charge in [-0.25, -0.2) is 9.18 Å². The van der Waals surface area contributed by atoms with Crippen molar-refractivity contribution in [3.05, 3.63) is 70.0 Å². The Labute approximate surface area is 145 Å². The highest BCUT2D eigenvalue weighted by molar-refractivity contribution is 5.88. The number of nitrogens with one attached hydrogen (secondary N) is 1. The van der Waals surface area contributed by atoms with Crippen molar-refractivity contribution < 1.29 is 24.2 Å². The van der Waals surface area contributed by atoms with Crippen LogP contribution in [0.3, 0.4) is 0 Å². The zero-order chi connectivity index (χ0) is 18.6. The van der Waals surface area contributed by atoms with Gasteiger partial charge in [-0.1, -0.05) is 35.4 Å².